The van der Waals surface area contributed by atoms with Gasteiger partial charge < -0.3 is 13.9 Å². The van der Waals surface area contributed by atoms with E-state index in [4.69, 9.17) is 25.5 Å². The molecule has 0 unspecified atom stereocenters. The van der Waals surface area contributed by atoms with Gasteiger partial charge in [-0.05, 0) is 25.1 Å². The number of methoxy groups -OCH3 is 1. The monoisotopic (exact) mass is 281 g/mol. The van der Waals surface area contributed by atoms with Crippen LogP contribution in [0, 0.1) is 0 Å². The first-order valence-electron chi connectivity index (χ1n) is 5.62. The van der Waals surface area contributed by atoms with Crippen molar-refractivity contribution in [3.63, 3.8) is 0 Å². The zero-order valence-corrected chi connectivity index (χ0v) is 11.2. The van der Waals surface area contributed by atoms with Gasteiger partial charge in [-0.3, -0.25) is 0 Å². The van der Waals surface area contributed by atoms with Gasteiger partial charge in [0, 0.05) is 5.02 Å². The predicted octanol–water partition coefficient (Wildman–Crippen LogP) is 3.18. The molecule has 2 rings (SSSR count). The highest BCUT2D eigenvalue weighted by atomic mass is 35.5. The Morgan fingerprint density at radius 1 is 1.47 bits per heavy atom. The molecule has 5 nitrogen and oxygen atoms in total. The van der Waals surface area contributed by atoms with Crippen molar-refractivity contribution in [2.75, 3.05) is 13.7 Å². The van der Waals surface area contributed by atoms with Gasteiger partial charge >= 0.3 is 5.97 Å². The molecule has 6 heteroatoms. The van der Waals surface area contributed by atoms with Crippen LogP contribution in [0.1, 0.15) is 17.4 Å². The standard InChI is InChI=1S/C13H12ClNO4/c1-3-18-13(16)11-12(19-7-15-11)9-6-8(14)4-5-10(9)17-2/h4-7H,3H2,1-2H3. The van der Waals surface area contributed by atoms with Crippen molar-refractivity contribution < 1.29 is 18.7 Å². The molecule has 0 saturated carbocycles. The van der Waals surface area contributed by atoms with E-state index in [0.717, 1.165) is 0 Å². The molecule has 0 aliphatic rings. The van der Waals surface area contributed by atoms with Crippen LogP contribution in [0.15, 0.2) is 29.0 Å². The third kappa shape index (κ3) is 2.71. The number of ether oxygens (including phenoxy) is 2. The van der Waals surface area contributed by atoms with Crippen LogP contribution in [0.3, 0.4) is 0 Å². The molecular weight excluding hydrogens is 270 g/mol. The molecule has 100 valence electrons. The summed E-state index contributed by atoms with van der Waals surface area (Å²) in [6, 6.07) is 5.02. The molecule has 0 aliphatic heterocycles. The fraction of sp³-hybridized carbons (Fsp3) is 0.231. The van der Waals surface area contributed by atoms with Crippen LogP contribution < -0.4 is 4.74 Å². The lowest BCUT2D eigenvalue weighted by Gasteiger charge is -2.07. The van der Waals surface area contributed by atoms with Crippen molar-refractivity contribution >= 4 is 17.6 Å². The normalized spacial score (nSPS) is 10.3. The number of esters is 1. The highest BCUT2D eigenvalue weighted by molar-refractivity contribution is 6.31. The van der Waals surface area contributed by atoms with E-state index in [2.05, 4.69) is 4.98 Å². The molecule has 0 fully saturated rings. The van der Waals surface area contributed by atoms with E-state index < -0.39 is 5.97 Å². The molecule has 0 atom stereocenters. The van der Waals surface area contributed by atoms with E-state index >= 15 is 0 Å². The first-order valence-corrected chi connectivity index (χ1v) is 5.99. The van der Waals surface area contributed by atoms with Crippen LogP contribution in [0.4, 0.5) is 0 Å². The number of hydrogen-bond donors (Lipinski definition) is 0. The van der Waals surface area contributed by atoms with Crippen LogP contribution in [-0.4, -0.2) is 24.7 Å². The smallest absolute Gasteiger partial charge is 0.360 e. The molecule has 1 heterocycles. The lowest BCUT2D eigenvalue weighted by molar-refractivity contribution is 0.0520. The average molecular weight is 282 g/mol. The summed E-state index contributed by atoms with van der Waals surface area (Å²) in [6.07, 6.45) is 1.18. The lowest BCUT2D eigenvalue weighted by atomic mass is 10.1. The van der Waals surface area contributed by atoms with Crippen LogP contribution in [0.2, 0.25) is 5.02 Å². The van der Waals surface area contributed by atoms with Crippen molar-refractivity contribution in [1.82, 2.24) is 4.98 Å². The second-order valence-electron chi connectivity index (χ2n) is 3.60. The van der Waals surface area contributed by atoms with Gasteiger partial charge in [-0.1, -0.05) is 11.6 Å². The van der Waals surface area contributed by atoms with Gasteiger partial charge in [0.1, 0.15) is 5.75 Å². The molecule has 0 saturated heterocycles. The maximum absolute atomic E-state index is 11.8. The Labute approximate surface area is 115 Å². The number of nitrogens with zero attached hydrogens (tertiary/aromatic N) is 1. The lowest BCUT2D eigenvalue weighted by Crippen LogP contribution is -2.06. The average Bonchev–Trinajstić information content (AvgIpc) is 2.88. The fourth-order valence-electron chi connectivity index (χ4n) is 1.64. The minimum Gasteiger partial charge on any atom is -0.496 e. The van der Waals surface area contributed by atoms with E-state index in [-0.39, 0.29) is 18.1 Å². The molecule has 19 heavy (non-hydrogen) atoms. The van der Waals surface area contributed by atoms with Gasteiger partial charge in [-0.15, -0.1) is 0 Å². The minimum atomic E-state index is -0.548. The third-order valence-electron chi connectivity index (χ3n) is 2.44. The predicted molar refractivity (Wildman–Crippen MR) is 69.5 cm³/mol. The number of aromatic nitrogens is 1. The fourth-order valence-corrected chi connectivity index (χ4v) is 1.81. The summed E-state index contributed by atoms with van der Waals surface area (Å²) in [6.45, 7) is 1.98. The number of oxazole rings is 1. The first kappa shape index (κ1) is 13.4. The Kier molecular flexibility index (Phi) is 4.06. The van der Waals surface area contributed by atoms with Gasteiger partial charge in [0.05, 0.1) is 19.3 Å². The van der Waals surface area contributed by atoms with Crippen molar-refractivity contribution in [3.8, 4) is 17.1 Å². The SMILES string of the molecule is CCOC(=O)c1ncoc1-c1cc(Cl)ccc1OC. The number of hydrogen-bond acceptors (Lipinski definition) is 5. The molecule has 0 aliphatic carbocycles. The van der Waals surface area contributed by atoms with Gasteiger partial charge in [0.2, 0.25) is 0 Å². The zero-order chi connectivity index (χ0) is 13.8. The molecule has 1 aromatic heterocycles. The second kappa shape index (κ2) is 5.75. The quantitative estimate of drug-likeness (QED) is 0.806. The maximum atomic E-state index is 11.8. The Hall–Kier alpha value is -2.01. The van der Waals surface area contributed by atoms with Gasteiger partial charge in [-0.25, -0.2) is 9.78 Å². The third-order valence-corrected chi connectivity index (χ3v) is 2.68. The summed E-state index contributed by atoms with van der Waals surface area (Å²) < 4.78 is 15.4. The van der Waals surface area contributed by atoms with Crippen molar-refractivity contribution in [2.24, 2.45) is 0 Å². The number of carbonyl (C=O) groups is 1. The van der Waals surface area contributed by atoms with Crippen molar-refractivity contribution in [2.45, 2.75) is 6.92 Å². The summed E-state index contributed by atoms with van der Waals surface area (Å²) >= 11 is 5.95. The summed E-state index contributed by atoms with van der Waals surface area (Å²) in [7, 11) is 1.52. The molecule has 0 amide bonds. The van der Waals surface area contributed by atoms with Crippen LogP contribution in [0.25, 0.3) is 11.3 Å². The molecule has 0 N–H and O–H groups in total. The Morgan fingerprint density at radius 3 is 2.95 bits per heavy atom. The topological polar surface area (TPSA) is 61.6 Å². The number of benzene rings is 1. The van der Waals surface area contributed by atoms with E-state index in [1.807, 2.05) is 0 Å². The molecule has 2 aromatic rings. The number of halogens is 1. The second-order valence-corrected chi connectivity index (χ2v) is 4.03. The molecule has 0 bridgehead atoms. The first-order chi connectivity index (χ1) is 9.17. The van der Waals surface area contributed by atoms with Crippen LogP contribution in [-0.2, 0) is 4.74 Å². The van der Waals surface area contributed by atoms with Gasteiger partial charge in [0.25, 0.3) is 0 Å². The molecule has 1 aromatic carbocycles. The van der Waals surface area contributed by atoms with Gasteiger partial charge in [0.15, 0.2) is 17.8 Å². The van der Waals surface area contributed by atoms with E-state index in [9.17, 15) is 4.79 Å². The van der Waals surface area contributed by atoms with E-state index in [1.54, 1.807) is 25.1 Å². The Balaban J connectivity index is 2.51. The Morgan fingerprint density at radius 2 is 2.26 bits per heavy atom. The largest absolute Gasteiger partial charge is 0.496 e. The highest BCUT2D eigenvalue weighted by Gasteiger charge is 2.22. The molecular formula is C13H12ClNO4. The van der Waals surface area contributed by atoms with Crippen LogP contribution >= 0.6 is 11.6 Å². The maximum Gasteiger partial charge on any atom is 0.360 e. The minimum absolute atomic E-state index is 0.0995. The summed E-state index contributed by atoms with van der Waals surface area (Å²) in [5, 5.41) is 0.502. The van der Waals surface area contributed by atoms with Crippen molar-refractivity contribution in [1.29, 1.82) is 0 Å². The van der Waals surface area contributed by atoms with E-state index in [1.165, 1.54) is 13.5 Å². The summed E-state index contributed by atoms with van der Waals surface area (Å²) in [5.74, 6) is 0.262. The van der Waals surface area contributed by atoms with Crippen LogP contribution in [0.5, 0.6) is 5.75 Å². The van der Waals surface area contributed by atoms with Gasteiger partial charge in [-0.2, -0.15) is 0 Å². The zero-order valence-electron chi connectivity index (χ0n) is 10.5. The van der Waals surface area contributed by atoms with Crippen molar-refractivity contribution in [3.05, 3.63) is 35.3 Å². The number of carbonyl (C=O) groups excluding carboxylic acids is 1. The molecule has 0 spiro atoms. The Bertz CT molecular complexity index is 594. The highest BCUT2D eigenvalue weighted by Crippen LogP contribution is 2.34. The summed E-state index contributed by atoms with van der Waals surface area (Å²) in [4.78, 5) is 15.6. The van der Waals surface area contributed by atoms with E-state index in [0.29, 0.717) is 16.3 Å². The summed E-state index contributed by atoms with van der Waals surface area (Å²) in [5.41, 5.74) is 0.651. The molecule has 0 radical (unpaired) electrons. The number of rotatable bonds is 4.